The highest BCUT2D eigenvalue weighted by atomic mass is 16.5. The van der Waals surface area contributed by atoms with Crippen molar-refractivity contribution in [2.75, 3.05) is 37.7 Å². The summed E-state index contributed by atoms with van der Waals surface area (Å²) >= 11 is 0. The van der Waals surface area contributed by atoms with Gasteiger partial charge in [-0.15, -0.1) is 0 Å². The number of hydrogen-bond acceptors (Lipinski definition) is 4. The SMILES string of the molecule is NC[C@H]1CCC[C@H]1C(=O)NCc1ccccc1N1CCOCC1. The van der Waals surface area contributed by atoms with Crippen LogP contribution in [0.3, 0.4) is 0 Å². The molecule has 1 saturated heterocycles. The molecule has 0 bridgehead atoms. The zero-order valence-electron chi connectivity index (χ0n) is 13.7. The van der Waals surface area contributed by atoms with Crippen molar-refractivity contribution in [3.63, 3.8) is 0 Å². The van der Waals surface area contributed by atoms with E-state index in [0.717, 1.165) is 45.6 Å². The average Bonchev–Trinajstić information content (AvgIpc) is 3.09. The van der Waals surface area contributed by atoms with E-state index < -0.39 is 0 Å². The van der Waals surface area contributed by atoms with Crippen LogP contribution in [0.25, 0.3) is 0 Å². The zero-order valence-corrected chi connectivity index (χ0v) is 13.7. The number of carbonyl (C=O) groups excluding carboxylic acids is 1. The molecule has 3 N–H and O–H groups in total. The van der Waals surface area contributed by atoms with Gasteiger partial charge in [0.1, 0.15) is 0 Å². The van der Waals surface area contributed by atoms with Gasteiger partial charge in [-0.2, -0.15) is 0 Å². The quantitative estimate of drug-likeness (QED) is 0.864. The van der Waals surface area contributed by atoms with Crippen molar-refractivity contribution in [1.29, 1.82) is 0 Å². The number of nitrogens with one attached hydrogen (secondary N) is 1. The molecule has 0 spiro atoms. The van der Waals surface area contributed by atoms with Gasteiger partial charge in [-0.3, -0.25) is 4.79 Å². The summed E-state index contributed by atoms with van der Waals surface area (Å²) in [5.74, 6) is 0.606. The van der Waals surface area contributed by atoms with Crippen molar-refractivity contribution < 1.29 is 9.53 Å². The molecular formula is C18H27N3O2. The molecule has 1 saturated carbocycles. The van der Waals surface area contributed by atoms with E-state index in [9.17, 15) is 4.79 Å². The first-order valence-corrected chi connectivity index (χ1v) is 8.68. The molecule has 0 unspecified atom stereocenters. The Morgan fingerprint density at radius 2 is 2.04 bits per heavy atom. The third kappa shape index (κ3) is 3.85. The molecule has 1 amide bonds. The van der Waals surface area contributed by atoms with Crippen LogP contribution in [0.1, 0.15) is 24.8 Å². The van der Waals surface area contributed by atoms with Crippen molar-refractivity contribution in [3.8, 4) is 0 Å². The fourth-order valence-electron chi connectivity index (χ4n) is 3.75. The van der Waals surface area contributed by atoms with E-state index in [1.165, 1.54) is 11.3 Å². The minimum absolute atomic E-state index is 0.0931. The smallest absolute Gasteiger partial charge is 0.223 e. The minimum atomic E-state index is 0.0931. The summed E-state index contributed by atoms with van der Waals surface area (Å²) in [4.78, 5) is 14.8. The topological polar surface area (TPSA) is 67.6 Å². The van der Waals surface area contributed by atoms with Crippen LogP contribution in [0.2, 0.25) is 0 Å². The molecule has 2 aliphatic rings. The molecule has 0 aromatic heterocycles. The molecule has 3 rings (SSSR count). The fourth-order valence-corrected chi connectivity index (χ4v) is 3.75. The van der Waals surface area contributed by atoms with Gasteiger partial charge in [-0.05, 0) is 36.9 Å². The molecule has 1 aromatic rings. The maximum Gasteiger partial charge on any atom is 0.223 e. The van der Waals surface area contributed by atoms with Crippen LogP contribution >= 0.6 is 0 Å². The van der Waals surface area contributed by atoms with E-state index in [-0.39, 0.29) is 11.8 Å². The van der Waals surface area contributed by atoms with Gasteiger partial charge in [-0.1, -0.05) is 24.6 Å². The number of para-hydroxylation sites is 1. The van der Waals surface area contributed by atoms with Gasteiger partial charge >= 0.3 is 0 Å². The Hall–Kier alpha value is -1.59. The molecule has 5 nitrogen and oxygen atoms in total. The Labute approximate surface area is 138 Å². The van der Waals surface area contributed by atoms with Crippen LogP contribution in [-0.4, -0.2) is 38.8 Å². The highest BCUT2D eigenvalue weighted by Crippen LogP contribution is 2.31. The summed E-state index contributed by atoms with van der Waals surface area (Å²) in [5, 5.41) is 3.13. The summed E-state index contributed by atoms with van der Waals surface area (Å²) in [6.07, 6.45) is 3.17. The third-order valence-electron chi connectivity index (χ3n) is 5.10. The second kappa shape index (κ2) is 7.79. The monoisotopic (exact) mass is 317 g/mol. The number of anilines is 1. The van der Waals surface area contributed by atoms with Crippen LogP contribution in [0, 0.1) is 11.8 Å². The molecule has 1 aliphatic carbocycles. The van der Waals surface area contributed by atoms with E-state index in [0.29, 0.717) is 19.0 Å². The van der Waals surface area contributed by atoms with Crippen molar-refractivity contribution in [2.24, 2.45) is 17.6 Å². The molecule has 2 atom stereocenters. The van der Waals surface area contributed by atoms with Gasteiger partial charge in [0.05, 0.1) is 13.2 Å². The molecule has 1 aromatic carbocycles. The summed E-state index contributed by atoms with van der Waals surface area (Å²) < 4.78 is 5.43. The molecule has 1 heterocycles. The zero-order chi connectivity index (χ0) is 16.1. The lowest BCUT2D eigenvalue weighted by Crippen LogP contribution is -2.38. The summed E-state index contributed by atoms with van der Waals surface area (Å²) in [5.41, 5.74) is 8.17. The third-order valence-corrected chi connectivity index (χ3v) is 5.10. The molecule has 1 aliphatic heterocycles. The van der Waals surface area contributed by atoms with E-state index in [4.69, 9.17) is 10.5 Å². The first-order valence-electron chi connectivity index (χ1n) is 8.68. The van der Waals surface area contributed by atoms with Crippen LogP contribution in [0.15, 0.2) is 24.3 Å². The fraction of sp³-hybridized carbons (Fsp3) is 0.611. The molecule has 23 heavy (non-hydrogen) atoms. The van der Waals surface area contributed by atoms with Gasteiger partial charge in [0.25, 0.3) is 0 Å². The van der Waals surface area contributed by atoms with Gasteiger partial charge in [-0.25, -0.2) is 0 Å². The summed E-state index contributed by atoms with van der Waals surface area (Å²) in [6.45, 7) is 4.54. The lowest BCUT2D eigenvalue weighted by atomic mass is 9.95. The number of carbonyl (C=O) groups is 1. The Morgan fingerprint density at radius 3 is 2.83 bits per heavy atom. The lowest BCUT2D eigenvalue weighted by Gasteiger charge is -2.30. The first kappa shape index (κ1) is 16.3. The van der Waals surface area contributed by atoms with E-state index in [2.05, 4.69) is 28.4 Å². The normalized spacial score (nSPS) is 24.7. The summed E-state index contributed by atoms with van der Waals surface area (Å²) in [7, 11) is 0. The number of ether oxygens (including phenoxy) is 1. The average molecular weight is 317 g/mol. The predicted molar refractivity (Wildman–Crippen MR) is 91.2 cm³/mol. The van der Waals surface area contributed by atoms with Crippen molar-refractivity contribution in [3.05, 3.63) is 29.8 Å². The second-order valence-electron chi connectivity index (χ2n) is 6.48. The van der Waals surface area contributed by atoms with E-state index in [1.807, 2.05) is 6.07 Å². The first-order chi connectivity index (χ1) is 11.3. The number of nitrogens with zero attached hydrogens (tertiary/aromatic N) is 1. The number of benzene rings is 1. The Balaban J connectivity index is 1.62. The van der Waals surface area contributed by atoms with Crippen molar-refractivity contribution in [1.82, 2.24) is 5.32 Å². The standard InChI is InChI=1S/C18H27N3O2/c19-12-14-5-3-6-16(14)18(22)20-13-15-4-1-2-7-17(15)21-8-10-23-11-9-21/h1-2,4,7,14,16H,3,5-6,8-13,19H2,(H,20,22)/t14-,16-/m1/s1. The molecule has 2 fully saturated rings. The number of hydrogen-bond donors (Lipinski definition) is 2. The van der Waals surface area contributed by atoms with Gasteiger partial charge < -0.3 is 20.7 Å². The Bertz CT molecular complexity index is 529. The highest BCUT2D eigenvalue weighted by molar-refractivity contribution is 5.79. The maximum atomic E-state index is 12.5. The predicted octanol–water partition coefficient (Wildman–Crippen LogP) is 1.51. The van der Waals surface area contributed by atoms with Crippen molar-refractivity contribution in [2.45, 2.75) is 25.8 Å². The van der Waals surface area contributed by atoms with Crippen LogP contribution < -0.4 is 16.0 Å². The second-order valence-corrected chi connectivity index (χ2v) is 6.48. The van der Waals surface area contributed by atoms with Gasteiger partial charge in [0, 0.05) is 31.2 Å². The Kier molecular flexibility index (Phi) is 5.51. The summed E-state index contributed by atoms with van der Waals surface area (Å²) in [6, 6.07) is 8.31. The molecule has 126 valence electrons. The highest BCUT2D eigenvalue weighted by Gasteiger charge is 2.31. The van der Waals surface area contributed by atoms with E-state index in [1.54, 1.807) is 0 Å². The van der Waals surface area contributed by atoms with Crippen LogP contribution in [-0.2, 0) is 16.1 Å². The number of nitrogens with two attached hydrogens (primary N) is 1. The van der Waals surface area contributed by atoms with Gasteiger partial charge in [0.2, 0.25) is 5.91 Å². The van der Waals surface area contributed by atoms with Gasteiger partial charge in [0.15, 0.2) is 0 Å². The van der Waals surface area contributed by atoms with Crippen LogP contribution in [0.5, 0.6) is 0 Å². The molecular weight excluding hydrogens is 290 g/mol. The minimum Gasteiger partial charge on any atom is -0.378 e. The maximum absolute atomic E-state index is 12.5. The molecule has 5 heteroatoms. The number of rotatable bonds is 5. The lowest BCUT2D eigenvalue weighted by molar-refractivity contribution is -0.126. The largest absolute Gasteiger partial charge is 0.378 e. The van der Waals surface area contributed by atoms with Crippen molar-refractivity contribution >= 4 is 11.6 Å². The molecule has 0 radical (unpaired) electrons. The van der Waals surface area contributed by atoms with E-state index >= 15 is 0 Å². The Morgan fingerprint density at radius 1 is 1.26 bits per heavy atom. The van der Waals surface area contributed by atoms with Crippen LogP contribution in [0.4, 0.5) is 5.69 Å². The number of morpholine rings is 1. The number of amides is 1.